The largest absolute Gasteiger partial charge is 0.378 e. The van der Waals surface area contributed by atoms with Crippen LogP contribution in [0.25, 0.3) is 10.8 Å². The number of aryl methyl sites for hydroxylation is 1. The van der Waals surface area contributed by atoms with Crippen molar-refractivity contribution in [3.05, 3.63) is 53.7 Å². The van der Waals surface area contributed by atoms with Gasteiger partial charge in [-0.2, -0.15) is 0 Å². The van der Waals surface area contributed by atoms with Crippen LogP contribution in [0.3, 0.4) is 0 Å². The number of aromatic nitrogens is 3. The van der Waals surface area contributed by atoms with E-state index in [1.54, 1.807) is 12.4 Å². The average molecular weight is 483 g/mol. The van der Waals surface area contributed by atoms with Gasteiger partial charge in [0, 0.05) is 54.4 Å². The zero-order valence-electron chi connectivity index (χ0n) is 20.8. The van der Waals surface area contributed by atoms with Gasteiger partial charge in [-0.25, -0.2) is 9.97 Å². The maximum Gasteiger partial charge on any atom is 0.229 e. The number of fused-ring (bicyclic) bond motifs is 1. The molecular formula is C28H30N6O2. The highest BCUT2D eigenvalue weighted by atomic mass is 16.5. The zero-order valence-corrected chi connectivity index (χ0v) is 20.8. The van der Waals surface area contributed by atoms with E-state index >= 15 is 0 Å². The van der Waals surface area contributed by atoms with E-state index in [1.807, 2.05) is 25.3 Å². The number of nitrogens with zero attached hydrogens (tertiary/aromatic N) is 5. The number of hydrogen-bond donors (Lipinski definition) is 1. The summed E-state index contributed by atoms with van der Waals surface area (Å²) in [5.74, 6) is 7.11. The number of nitrogens with one attached hydrogen (secondary N) is 1. The van der Waals surface area contributed by atoms with Gasteiger partial charge in [-0.15, -0.1) is 0 Å². The van der Waals surface area contributed by atoms with E-state index in [4.69, 9.17) is 4.74 Å². The van der Waals surface area contributed by atoms with Crippen molar-refractivity contribution >= 4 is 28.2 Å². The predicted octanol–water partition coefficient (Wildman–Crippen LogP) is 2.85. The van der Waals surface area contributed by atoms with Gasteiger partial charge in [-0.05, 0) is 62.9 Å². The molecule has 1 saturated carbocycles. The lowest BCUT2D eigenvalue weighted by Gasteiger charge is -2.28. The van der Waals surface area contributed by atoms with Gasteiger partial charge in [-0.1, -0.05) is 5.92 Å². The number of likely N-dealkylation sites (tertiary alicyclic amines) is 1. The summed E-state index contributed by atoms with van der Waals surface area (Å²) in [6.07, 6.45) is 7.49. The van der Waals surface area contributed by atoms with Gasteiger partial charge in [0.05, 0.1) is 30.7 Å². The second-order valence-electron chi connectivity index (χ2n) is 10.2. The molecule has 2 atom stereocenters. The van der Waals surface area contributed by atoms with Crippen molar-refractivity contribution in [1.29, 1.82) is 0 Å². The lowest BCUT2D eigenvalue weighted by atomic mass is 10.0. The topological polar surface area (TPSA) is 83.5 Å². The number of amides is 1. The molecule has 184 valence electrons. The van der Waals surface area contributed by atoms with Crippen molar-refractivity contribution in [1.82, 2.24) is 19.9 Å². The van der Waals surface area contributed by atoms with Crippen LogP contribution in [-0.2, 0) is 9.53 Å². The van der Waals surface area contributed by atoms with Gasteiger partial charge in [0.15, 0.2) is 0 Å². The van der Waals surface area contributed by atoms with E-state index < -0.39 is 0 Å². The summed E-state index contributed by atoms with van der Waals surface area (Å²) >= 11 is 0. The van der Waals surface area contributed by atoms with E-state index in [0.717, 1.165) is 80.0 Å². The van der Waals surface area contributed by atoms with Gasteiger partial charge in [0.25, 0.3) is 0 Å². The Kier molecular flexibility index (Phi) is 5.82. The number of ether oxygens (including phenoxy) is 1. The smallest absolute Gasteiger partial charge is 0.229 e. The van der Waals surface area contributed by atoms with E-state index in [0.29, 0.717) is 11.5 Å². The minimum atomic E-state index is 0.0696. The van der Waals surface area contributed by atoms with Gasteiger partial charge >= 0.3 is 0 Å². The molecule has 3 aliphatic rings. The third-order valence-corrected chi connectivity index (χ3v) is 7.75. The standard InChI is InChI=1S/C28H30N6O2/c1-19-24-17-31-26(32-27(35)25-14-28(25)7-8-33(2)18-28)13-23(24)20(15-29-19)3-4-21-5-6-22(16-30-21)34-9-11-36-12-10-34/h5-6,13,15-17,25H,7-12,14,18H2,1-2H3,(H,31,32,35)/t25-,28+/m0/s1. The van der Waals surface area contributed by atoms with E-state index in [-0.39, 0.29) is 17.2 Å². The van der Waals surface area contributed by atoms with Crippen molar-refractivity contribution in [3.8, 4) is 11.8 Å². The normalized spacial score (nSPS) is 23.5. The Morgan fingerprint density at radius 1 is 1.08 bits per heavy atom. The number of pyridine rings is 3. The molecule has 2 aliphatic heterocycles. The second kappa shape index (κ2) is 9.16. The number of carbonyl (C=O) groups excluding carboxylic acids is 1. The number of anilines is 2. The van der Waals surface area contributed by atoms with Gasteiger partial charge in [0.1, 0.15) is 11.5 Å². The summed E-state index contributed by atoms with van der Waals surface area (Å²) in [5.41, 5.74) is 3.61. The van der Waals surface area contributed by atoms with Crippen molar-refractivity contribution in [2.24, 2.45) is 11.3 Å². The molecule has 3 aromatic rings. The third-order valence-electron chi connectivity index (χ3n) is 7.75. The van der Waals surface area contributed by atoms with Crippen LogP contribution in [0.2, 0.25) is 0 Å². The fourth-order valence-electron chi connectivity index (χ4n) is 5.53. The van der Waals surface area contributed by atoms with Crippen LogP contribution in [0.4, 0.5) is 11.5 Å². The molecule has 1 aliphatic carbocycles. The molecule has 1 spiro atoms. The molecule has 8 heteroatoms. The van der Waals surface area contributed by atoms with Crippen molar-refractivity contribution in [3.63, 3.8) is 0 Å². The maximum absolute atomic E-state index is 13.0. The van der Waals surface area contributed by atoms with Crippen LogP contribution in [0, 0.1) is 30.1 Å². The quantitative estimate of drug-likeness (QED) is 0.575. The molecule has 0 unspecified atom stereocenters. The monoisotopic (exact) mass is 482 g/mol. The Morgan fingerprint density at radius 2 is 1.94 bits per heavy atom. The van der Waals surface area contributed by atoms with E-state index in [1.165, 1.54) is 0 Å². The molecule has 2 saturated heterocycles. The first-order valence-corrected chi connectivity index (χ1v) is 12.6. The lowest BCUT2D eigenvalue weighted by Crippen LogP contribution is -2.36. The van der Waals surface area contributed by atoms with Crippen LogP contribution in [0.5, 0.6) is 0 Å². The van der Waals surface area contributed by atoms with Crippen molar-refractivity contribution in [2.45, 2.75) is 19.8 Å². The Labute approximate surface area is 211 Å². The molecule has 3 fully saturated rings. The van der Waals surface area contributed by atoms with Crippen LogP contribution in [-0.4, -0.2) is 72.2 Å². The third kappa shape index (κ3) is 4.41. The van der Waals surface area contributed by atoms with Crippen LogP contribution < -0.4 is 10.2 Å². The molecule has 1 N–H and O–H groups in total. The minimum Gasteiger partial charge on any atom is -0.378 e. The molecule has 1 amide bonds. The first-order valence-electron chi connectivity index (χ1n) is 12.6. The fourth-order valence-corrected chi connectivity index (χ4v) is 5.53. The van der Waals surface area contributed by atoms with E-state index in [2.05, 4.69) is 55.0 Å². The Balaban J connectivity index is 1.22. The highest BCUT2D eigenvalue weighted by molar-refractivity contribution is 5.97. The second-order valence-corrected chi connectivity index (χ2v) is 10.2. The lowest BCUT2D eigenvalue weighted by molar-refractivity contribution is -0.118. The molecule has 6 rings (SSSR count). The SMILES string of the molecule is Cc1ncc(C#Cc2ccc(N3CCOCC3)cn2)c2cc(NC(=O)[C@@H]3C[C@@]34CCN(C)C4)ncc12. The van der Waals surface area contributed by atoms with Crippen LogP contribution in [0.15, 0.2) is 36.8 Å². The van der Waals surface area contributed by atoms with Crippen molar-refractivity contribution < 1.29 is 9.53 Å². The Morgan fingerprint density at radius 3 is 2.69 bits per heavy atom. The fraction of sp³-hybridized carbons (Fsp3) is 0.429. The molecule has 8 nitrogen and oxygen atoms in total. The Bertz CT molecular complexity index is 1370. The summed E-state index contributed by atoms with van der Waals surface area (Å²) in [7, 11) is 2.12. The molecule has 0 aromatic carbocycles. The highest BCUT2D eigenvalue weighted by Gasteiger charge is 2.60. The average Bonchev–Trinajstić information content (AvgIpc) is 3.49. The highest BCUT2D eigenvalue weighted by Crippen LogP contribution is 2.58. The first kappa shape index (κ1) is 22.9. The summed E-state index contributed by atoms with van der Waals surface area (Å²) in [6.45, 7) is 7.25. The number of morpholine rings is 1. The van der Waals surface area contributed by atoms with Gasteiger partial charge in [-0.3, -0.25) is 9.78 Å². The Hall–Kier alpha value is -3.54. The molecule has 36 heavy (non-hydrogen) atoms. The van der Waals surface area contributed by atoms with Gasteiger partial charge < -0.3 is 19.9 Å². The molecule has 5 heterocycles. The minimum absolute atomic E-state index is 0.0696. The summed E-state index contributed by atoms with van der Waals surface area (Å²) in [4.78, 5) is 31.1. The molecule has 0 radical (unpaired) electrons. The molecule has 3 aromatic heterocycles. The molecule has 0 bridgehead atoms. The van der Waals surface area contributed by atoms with Gasteiger partial charge in [0.2, 0.25) is 5.91 Å². The predicted molar refractivity (Wildman–Crippen MR) is 139 cm³/mol. The summed E-state index contributed by atoms with van der Waals surface area (Å²) in [6, 6.07) is 5.91. The van der Waals surface area contributed by atoms with Crippen LogP contribution >= 0.6 is 0 Å². The number of rotatable bonds is 3. The summed E-state index contributed by atoms with van der Waals surface area (Å²) < 4.78 is 5.43. The molecular weight excluding hydrogens is 452 g/mol. The van der Waals surface area contributed by atoms with E-state index in [9.17, 15) is 4.79 Å². The number of carbonyl (C=O) groups is 1. The summed E-state index contributed by atoms with van der Waals surface area (Å²) in [5, 5.41) is 4.91. The zero-order chi connectivity index (χ0) is 24.7. The number of hydrogen-bond acceptors (Lipinski definition) is 7. The maximum atomic E-state index is 13.0. The van der Waals surface area contributed by atoms with Crippen LogP contribution in [0.1, 0.15) is 29.8 Å². The first-order chi connectivity index (χ1) is 17.5. The van der Waals surface area contributed by atoms with Crippen molar-refractivity contribution in [2.75, 3.05) is 56.7 Å².